The average molecular weight is 263 g/mol. The number of nitrogens with zero attached hydrogens (tertiary/aromatic N) is 1. The van der Waals surface area contributed by atoms with Crippen LogP contribution in [0.2, 0.25) is 0 Å². The van der Waals surface area contributed by atoms with Crippen LogP contribution in [0.4, 0.5) is 13.2 Å². The molecule has 92 valence electrons. The van der Waals surface area contributed by atoms with E-state index < -0.39 is 11.7 Å². The standard InChI is InChI=1S/C11H9F3N2.ClH/c12-11(13,14)9-3-7(5-15)10-1-2-16-6-8(10)4-9;/h3-4,16H,1-2,6H2;1H. The van der Waals surface area contributed by atoms with Crippen molar-refractivity contribution in [3.05, 3.63) is 34.4 Å². The van der Waals surface area contributed by atoms with Crippen LogP contribution >= 0.6 is 12.4 Å². The number of hydrogen-bond acceptors (Lipinski definition) is 2. The second kappa shape index (κ2) is 4.94. The molecule has 0 amide bonds. The maximum atomic E-state index is 12.5. The van der Waals surface area contributed by atoms with Crippen LogP contribution in [-0.4, -0.2) is 6.54 Å². The van der Waals surface area contributed by atoms with Gasteiger partial charge in [0.25, 0.3) is 0 Å². The number of nitrogens with one attached hydrogen (secondary N) is 1. The van der Waals surface area contributed by atoms with Crippen molar-refractivity contribution < 1.29 is 13.2 Å². The first-order chi connectivity index (χ1) is 7.52. The fourth-order valence-corrected chi connectivity index (χ4v) is 1.88. The average Bonchev–Trinajstić information content (AvgIpc) is 2.26. The largest absolute Gasteiger partial charge is 0.416 e. The third-order valence-corrected chi connectivity index (χ3v) is 2.66. The molecule has 1 aliphatic rings. The molecule has 0 radical (unpaired) electrons. The first kappa shape index (κ1) is 13.8. The molecule has 1 aromatic carbocycles. The van der Waals surface area contributed by atoms with Crippen LogP contribution in [0.1, 0.15) is 22.3 Å². The van der Waals surface area contributed by atoms with Crippen molar-refractivity contribution in [1.82, 2.24) is 5.32 Å². The summed E-state index contributed by atoms with van der Waals surface area (Å²) in [7, 11) is 0. The van der Waals surface area contributed by atoms with Crippen molar-refractivity contribution in [3.8, 4) is 6.07 Å². The fourth-order valence-electron chi connectivity index (χ4n) is 1.88. The molecule has 1 aromatic rings. The SMILES string of the molecule is Cl.N#Cc1cc(C(F)(F)F)cc2c1CCNC2. The summed E-state index contributed by atoms with van der Waals surface area (Å²) in [5.74, 6) is 0. The summed E-state index contributed by atoms with van der Waals surface area (Å²) in [4.78, 5) is 0. The molecule has 0 unspecified atom stereocenters. The van der Waals surface area contributed by atoms with E-state index >= 15 is 0 Å². The minimum absolute atomic E-state index is 0. The molecule has 1 aliphatic heterocycles. The number of fused-ring (bicyclic) bond motifs is 1. The Kier molecular flexibility index (Phi) is 4.02. The Hall–Kier alpha value is -1.25. The van der Waals surface area contributed by atoms with E-state index in [4.69, 9.17) is 5.26 Å². The second-order valence-corrected chi connectivity index (χ2v) is 3.70. The van der Waals surface area contributed by atoms with E-state index in [0.717, 1.165) is 17.7 Å². The van der Waals surface area contributed by atoms with E-state index in [1.165, 1.54) is 0 Å². The van der Waals surface area contributed by atoms with Crippen molar-refractivity contribution >= 4 is 12.4 Å². The summed E-state index contributed by atoms with van der Waals surface area (Å²) in [6, 6.07) is 3.90. The zero-order valence-corrected chi connectivity index (χ0v) is 9.58. The molecule has 2 rings (SSSR count). The number of benzene rings is 1. The molecule has 2 nitrogen and oxygen atoms in total. The van der Waals surface area contributed by atoms with Crippen LogP contribution in [-0.2, 0) is 19.1 Å². The predicted octanol–water partition coefficient (Wildman–Crippen LogP) is 2.64. The Morgan fingerprint density at radius 3 is 2.59 bits per heavy atom. The molecule has 6 heteroatoms. The summed E-state index contributed by atoms with van der Waals surface area (Å²) < 4.78 is 37.6. The quantitative estimate of drug-likeness (QED) is 0.780. The molecule has 0 aliphatic carbocycles. The van der Waals surface area contributed by atoms with E-state index in [0.29, 0.717) is 25.1 Å². The van der Waals surface area contributed by atoms with Crippen LogP contribution in [0.15, 0.2) is 12.1 Å². The van der Waals surface area contributed by atoms with Crippen molar-refractivity contribution in [3.63, 3.8) is 0 Å². The van der Waals surface area contributed by atoms with Gasteiger partial charge in [0, 0.05) is 6.54 Å². The van der Waals surface area contributed by atoms with Crippen molar-refractivity contribution in [2.75, 3.05) is 6.54 Å². The van der Waals surface area contributed by atoms with Crippen molar-refractivity contribution in [2.24, 2.45) is 0 Å². The third kappa shape index (κ3) is 2.71. The first-order valence-electron chi connectivity index (χ1n) is 4.86. The lowest BCUT2D eigenvalue weighted by Crippen LogP contribution is -2.25. The zero-order chi connectivity index (χ0) is 11.8. The predicted molar refractivity (Wildman–Crippen MR) is 58.8 cm³/mol. The van der Waals surface area contributed by atoms with E-state index in [9.17, 15) is 13.2 Å². The van der Waals surface area contributed by atoms with Gasteiger partial charge in [-0.15, -0.1) is 12.4 Å². The molecule has 17 heavy (non-hydrogen) atoms. The van der Waals surface area contributed by atoms with Gasteiger partial charge in [0.2, 0.25) is 0 Å². The van der Waals surface area contributed by atoms with E-state index in [1.807, 2.05) is 6.07 Å². The number of halogens is 4. The summed E-state index contributed by atoms with van der Waals surface area (Å²) in [6.07, 6.45) is -3.78. The van der Waals surface area contributed by atoms with Crippen LogP contribution in [0.25, 0.3) is 0 Å². The molecule has 0 saturated heterocycles. The van der Waals surface area contributed by atoms with Gasteiger partial charge >= 0.3 is 6.18 Å². The zero-order valence-electron chi connectivity index (χ0n) is 8.77. The topological polar surface area (TPSA) is 35.8 Å². The number of nitriles is 1. The van der Waals surface area contributed by atoms with Crippen LogP contribution < -0.4 is 5.32 Å². The highest BCUT2D eigenvalue weighted by molar-refractivity contribution is 5.85. The van der Waals surface area contributed by atoms with E-state index in [1.54, 1.807) is 0 Å². The lowest BCUT2D eigenvalue weighted by molar-refractivity contribution is -0.137. The smallest absolute Gasteiger partial charge is 0.312 e. The minimum Gasteiger partial charge on any atom is -0.312 e. The molecule has 0 atom stereocenters. The maximum absolute atomic E-state index is 12.5. The molecule has 1 N–H and O–H groups in total. The van der Waals surface area contributed by atoms with Crippen molar-refractivity contribution in [1.29, 1.82) is 5.26 Å². The van der Waals surface area contributed by atoms with Crippen LogP contribution in [0, 0.1) is 11.3 Å². The van der Waals surface area contributed by atoms with E-state index in [2.05, 4.69) is 5.32 Å². The molecule has 0 fully saturated rings. The fraction of sp³-hybridized carbons (Fsp3) is 0.364. The summed E-state index contributed by atoms with van der Waals surface area (Å²) in [5, 5.41) is 11.8. The van der Waals surface area contributed by atoms with Gasteiger partial charge < -0.3 is 5.32 Å². The molecule has 1 heterocycles. The van der Waals surface area contributed by atoms with Gasteiger partial charge in [-0.2, -0.15) is 18.4 Å². The third-order valence-electron chi connectivity index (χ3n) is 2.66. The van der Waals surface area contributed by atoms with Gasteiger partial charge in [0.05, 0.1) is 17.2 Å². The summed E-state index contributed by atoms with van der Waals surface area (Å²) >= 11 is 0. The molecule has 0 spiro atoms. The number of alkyl halides is 3. The second-order valence-electron chi connectivity index (χ2n) is 3.70. The monoisotopic (exact) mass is 262 g/mol. The highest BCUT2D eigenvalue weighted by Crippen LogP contribution is 2.32. The molecule has 0 aromatic heterocycles. The van der Waals surface area contributed by atoms with Gasteiger partial charge in [0.1, 0.15) is 0 Å². The Morgan fingerprint density at radius 1 is 1.29 bits per heavy atom. The van der Waals surface area contributed by atoms with E-state index in [-0.39, 0.29) is 18.0 Å². The Balaban J connectivity index is 0.00000144. The lowest BCUT2D eigenvalue weighted by atomic mass is 9.93. The molecular formula is C11H10ClF3N2. The van der Waals surface area contributed by atoms with Gasteiger partial charge in [-0.25, -0.2) is 0 Å². The highest BCUT2D eigenvalue weighted by Gasteiger charge is 2.32. The number of rotatable bonds is 0. The molecular weight excluding hydrogens is 253 g/mol. The Bertz CT molecular complexity index is 463. The highest BCUT2D eigenvalue weighted by atomic mass is 35.5. The van der Waals surface area contributed by atoms with Crippen molar-refractivity contribution in [2.45, 2.75) is 19.1 Å². The van der Waals surface area contributed by atoms with Gasteiger partial charge in [-0.05, 0) is 36.2 Å². The van der Waals surface area contributed by atoms with Crippen LogP contribution in [0.3, 0.4) is 0 Å². The Morgan fingerprint density at radius 2 is 2.00 bits per heavy atom. The van der Waals surface area contributed by atoms with Gasteiger partial charge in [0.15, 0.2) is 0 Å². The van der Waals surface area contributed by atoms with Gasteiger partial charge in [-0.3, -0.25) is 0 Å². The lowest BCUT2D eigenvalue weighted by Gasteiger charge is -2.20. The minimum atomic E-state index is -4.39. The molecule has 0 bridgehead atoms. The maximum Gasteiger partial charge on any atom is 0.416 e. The molecule has 0 saturated carbocycles. The normalized spacial score (nSPS) is 14.5. The summed E-state index contributed by atoms with van der Waals surface area (Å²) in [5.41, 5.74) is 0.727. The van der Waals surface area contributed by atoms with Gasteiger partial charge in [-0.1, -0.05) is 0 Å². The van der Waals surface area contributed by atoms with Crippen LogP contribution in [0.5, 0.6) is 0 Å². The Labute approximate surface area is 103 Å². The first-order valence-corrected chi connectivity index (χ1v) is 4.86. The summed E-state index contributed by atoms with van der Waals surface area (Å²) in [6.45, 7) is 1.10. The number of hydrogen-bond donors (Lipinski definition) is 1.